The van der Waals surface area contributed by atoms with Gasteiger partial charge in [0, 0.05) is 25.0 Å². The van der Waals surface area contributed by atoms with E-state index in [2.05, 4.69) is 10.6 Å². The standard InChI is InChI=1S/C24H26N2O6/c1-31-23(29)19(15-17-9-5-3-6-10-17)25-21(27)13-14-22(28)26-20(24(30)32-2)16-18-11-7-4-8-12-18/h3-14,19-20H,15-16H2,1-2H3,(H,25,27)(H,26,28)/b14-13+. The van der Waals surface area contributed by atoms with Gasteiger partial charge in [0.25, 0.3) is 0 Å². The number of hydrogen-bond acceptors (Lipinski definition) is 6. The molecule has 32 heavy (non-hydrogen) atoms. The maximum Gasteiger partial charge on any atom is 0.328 e. The molecule has 0 radical (unpaired) electrons. The van der Waals surface area contributed by atoms with Crippen LogP contribution in [-0.2, 0) is 41.5 Å². The lowest BCUT2D eigenvalue weighted by Gasteiger charge is -2.16. The molecule has 0 heterocycles. The summed E-state index contributed by atoms with van der Waals surface area (Å²) < 4.78 is 9.50. The monoisotopic (exact) mass is 438 g/mol. The Bertz CT molecular complexity index is 866. The average molecular weight is 438 g/mol. The van der Waals surface area contributed by atoms with E-state index in [0.29, 0.717) is 0 Å². The highest BCUT2D eigenvalue weighted by Crippen LogP contribution is 2.06. The zero-order valence-corrected chi connectivity index (χ0v) is 17.9. The first-order valence-electron chi connectivity index (χ1n) is 9.95. The van der Waals surface area contributed by atoms with Gasteiger partial charge in [0.2, 0.25) is 11.8 Å². The molecule has 2 amide bonds. The summed E-state index contributed by atoms with van der Waals surface area (Å²) in [7, 11) is 2.46. The van der Waals surface area contributed by atoms with Gasteiger partial charge in [-0.25, -0.2) is 9.59 Å². The smallest absolute Gasteiger partial charge is 0.328 e. The van der Waals surface area contributed by atoms with Crippen LogP contribution in [0.25, 0.3) is 0 Å². The minimum Gasteiger partial charge on any atom is -0.467 e. The summed E-state index contributed by atoms with van der Waals surface area (Å²) in [5.74, 6) is -2.50. The third-order valence-corrected chi connectivity index (χ3v) is 4.56. The van der Waals surface area contributed by atoms with E-state index in [1.165, 1.54) is 14.2 Å². The summed E-state index contributed by atoms with van der Waals surface area (Å²) in [6, 6.07) is 16.4. The van der Waals surface area contributed by atoms with Crippen molar-refractivity contribution in [1.82, 2.24) is 10.6 Å². The van der Waals surface area contributed by atoms with E-state index in [1.807, 2.05) is 60.7 Å². The van der Waals surface area contributed by atoms with Crippen LogP contribution in [0, 0.1) is 0 Å². The van der Waals surface area contributed by atoms with Gasteiger partial charge < -0.3 is 20.1 Å². The molecule has 0 spiro atoms. The van der Waals surface area contributed by atoms with Crippen LogP contribution >= 0.6 is 0 Å². The molecule has 0 saturated carbocycles. The Morgan fingerprint density at radius 2 is 1.03 bits per heavy atom. The van der Waals surface area contributed by atoms with Crippen molar-refractivity contribution in [3.8, 4) is 0 Å². The SMILES string of the molecule is COC(=O)C(Cc1ccccc1)NC(=O)/C=C/C(=O)NC(Cc1ccccc1)C(=O)OC. The second-order valence-corrected chi connectivity index (χ2v) is 6.88. The van der Waals surface area contributed by atoms with Gasteiger partial charge in [0.15, 0.2) is 0 Å². The van der Waals surface area contributed by atoms with Crippen LogP contribution < -0.4 is 10.6 Å². The van der Waals surface area contributed by atoms with Crippen molar-refractivity contribution in [3.63, 3.8) is 0 Å². The Kier molecular flexibility index (Phi) is 9.65. The molecular formula is C24H26N2O6. The van der Waals surface area contributed by atoms with Gasteiger partial charge in [0.1, 0.15) is 12.1 Å². The average Bonchev–Trinajstić information content (AvgIpc) is 2.82. The number of nitrogens with one attached hydrogen (secondary N) is 2. The Morgan fingerprint density at radius 1 is 0.688 bits per heavy atom. The topological polar surface area (TPSA) is 111 Å². The molecule has 8 heteroatoms. The summed E-state index contributed by atoms with van der Waals surface area (Å²) in [5.41, 5.74) is 1.68. The summed E-state index contributed by atoms with van der Waals surface area (Å²) in [6.07, 6.45) is 2.46. The Labute approximate surface area is 186 Å². The normalized spacial score (nSPS) is 12.4. The molecule has 2 aromatic carbocycles. The summed E-state index contributed by atoms with van der Waals surface area (Å²) in [4.78, 5) is 48.6. The number of esters is 2. The first-order chi connectivity index (χ1) is 15.4. The summed E-state index contributed by atoms with van der Waals surface area (Å²) in [6.45, 7) is 0. The highest BCUT2D eigenvalue weighted by molar-refractivity contribution is 5.99. The lowest BCUT2D eigenvalue weighted by Crippen LogP contribution is -2.43. The Morgan fingerprint density at radius 3 is 1.34 bits per heavy atom. The number of rotatable bonds is 10. The Balaban J connectivity index is 1.97. The van der Waals surface area contributed by atoms with E-state index in [1.54, 1.807) is 0 Å². The minimum absolute atomic E-state index is 0.237. The molecule has 0 aromatic heterocycles. The lowest BCUT2D eigenvalue weighted by molar-refractivity contribution is -0.145. The van der Waals surface area contributed by atoms with Gasteiger partial charge >= 0.3 is 11.9 Å². The number of methoxy groups -OCH3 is 2. The van der Waals surface area contributed by atoms with E-state index >= 15 is 0 Å². The predicted molar refractivity (Wildman–Crippen MR) is 117 cm³/mol. The molecular weight excluding hydrogens is 412 g/mol. The zero-order valence-electron chi connectivity index (χ0n) is 17.9. The van der Waals surface area contributed by atoms with Gasteiger partial charge in [-0.3, -0.25) is 9.59 Å². The van der Waals surface area contributed by atoms with Crippen LogP contribution in [0.5, 0.6) is 0 Å². The highest BCUT2D eigenvalue weighted by atomic mass is 16.5. The van der Waals surface area contributed by atoms with E-state index in [-0.39, 0.29) is 12.8 Å². The van der Waals surface area contributed by atoms with Gasteiger partial charge in [-0.1, -0.05) is 60.7 Å². The van der Waals surface area contributed by atoms with Crippen molar-refractivity contribution in [1.29, 1.82) is 0 Å². The molecule has 2 atom stereocenters. The number of carbonyl (C=O) groups is 4. The molecule has 0 bridgehead atoms. The molecule has 2 aromatic rings. The number of amides is 2. The van der Waals surface area contributed by atoms with Gasteiger partial charge in [-0.05, 0) is 11.1 Å². The molecule has 0 aliphatic carbocycles. The zero-order chi connectivity index (χ0) is 23.3. The fourth-order valence-electron chi connectivity index (χ4n) is 2.96. The van der Waals surface area contributed by atoms with Crippen LogP contribution in [0.2, 0.25) is 0 Å². The second kappa shape index (κ2) is 12.7. The van der Waals surface area contributed by atoms with Gasteiger partial charge in [-0.2, -0.15) is 0 Å². The van der Waals surface area contributed by atoms with E-state index in [4.69, 9.17) is 9.47 Å². The molecule has 0 aliphatic rings. The van der Waals surface area contributed by atoms with E-state index in [9.17, 15) is 19.2 Å². The number of ether oxygens (including phenoxy) is 2. The molecule has 0 saturated heterocycles. The van der Waals surface area contributed by atoms with Crippen LogP contribution in [0.1, 0.15) is 11.1 Å². The maximum atomic E-state index is 12.3. The van der Waals surface area contributed by atoms with Crippen LogP contribution in [-0.4, -0.2) is 50.1 Å². The van der Waals surface area contributed by atoms with Gasteiger partial charge in [0.05, 0.1) is 14.2 Å². The fraction of sp³-hybridized carbons (Fsp3) is 0.250. The largest absolute Gasteiger partial charge is 0.467 e. The van der Waals surface area contributed by atoms with E-state index < -0.39 is 35.8 Å². The third kappa shape index (κ3) is 8.06. The van der Waals surface area contributed by atoms with Crippen molar-refractivity contribution < 1.29 is 28.7 Å². The number of benzene rings is 2. The summed E-state index contributed by atoms with van der Waals surface area (Å²) in [5, 5.41) is 5.05. The van der Waals surface area contributed by atoms with Crippen molar-refractivity contribution in [2.45, 2.75) is 24.9 Å². The third-order valence-electron chi connectivity index (χ3n) is 4.56. The lowest BCUT2D eigenvalue weighted by atomic mass is 10.1. The van der Waals surface area contributed by atoms with Gasteiger partial charge in [-0.15, -0.1) is 0 Å². The molecule has 168 valence electrons. The van der Waals surface area contributed by atoms with Crippen molar-refractivity contribution >= 4 is 23.8 Å². The second-order valence-electron chi connectivity index (χ2n) is 6.88. The minimum atomic E-state index is -0.913. The van der Waals surface area contributed by atoms with Crippen molar-refractivity contribution in [2.75, 3.05) is 14.2 Å². The fourth-order valence-corrected chi connectivity index (χ4v) is 2.96. The quantitative estimate of drug-likeness (QED) is 0.428. The highest BCUT2D eigenvalue weighted by Gasteiger charge is 2.22. The molecule has 2 rings (SSSR count). The maximum absolute atomic E-state index is 12.3. The van der Waals surface area contributed by atoms with Crippen molar-refractivity contribution in [3.05, 3.63) is 83.9 Å². The summed E-state index contributed by atoms with van der Waals surface area (Å²) >= 11 is 0. The molecule has 0 fully saturated rings. The molecule has 0 aliphatic heterocycles. The molecule has 8 nitrogen and oxygen atoms in total. The number of hydrogen-bond donors (Lipinski definition) is 2. The van der Waals surface area contributed by atoms with Crippen LogP contribution in [0.4, 0.5) is 0 Å². The Hall–Kier alpha value is -3.94. The first kappa shape index (κ1) is 24.3. The van der Waals surface area contributed by atoms with Crippen molar-refractivity contribution in [2.24, 2.45) is 0 Å². The van der Waals surface area contributed by atoms with E-state index in [0.717, 1.165) is 23.3 Å². The molecule has 2 unspecified atom stereocenters. The predicted octanol–water partition coefficient (Wildman–Crippen LogP) is 1.34. The van der Waals surface area contributed by atoms with Crippen LogP contribution in [0.15, 0.2) is 72.8 Å². The first-order valence-corrected chi connectivity index (χ1v) is 9.95. The molecule has 2 N–H and O–H groups in total. The number of carbonyl (C=O) groups excluding carboxylic acids is 4. The van der Waals surface area contributed by atoms with Crippen LogP contribution in [0.3, 0.4) is 0 Å².